The molecule has 174 valence electrons. The summed E-state index contributed by atoms with van der Waals surface area (Å²) in [4.78, 5) is 9.45. The van der Waals surface area contributed by atoms with Crippen LogP contribution in [0.25, 0.3) is 61.1 Å². The first-order chi connectivity index (χ1) is 18.3. The number of benzene rings is 4. The average Bonchev–Trinajstić information content (AvgIpc) is 3.32. The van der Waals surface area contributed by atoms with Gasteiger partial charge in [-0.25, -0.2) is 4.98 Å². The van der Waals surface area contributed by atoms with Crippen molar-refractivity contribution in [2.75, 3.05) is 0 Å². The topological polar surface area (TPSA) is 30.7 Å². The van der Waals surface area contributed by atoms with Crippen molar-refractivity contribution in [1.82, 2.24) is 14.5 Å². The highest BCUT2D eigenvalue weighted by Gasteiger charge is 2.13. The van der Waals surface area contributed by atoms with Crippen LogP contribution in [0.1, 0.15) is 0 Å². The van der Waals surface area contributed by atoms with Crippen LogP contribution in [-0.2, 0) is 0 Å². The molecule has 0 saturated carbocycles. The summed E-state index contributed by atoms with van der Waals surface area (Å²) in [5, 5.41) is 2.36. The molecular weight excluding hydrogens is 450 g/mol. The van der Waals surface area contributed by atoms with E-state index in [4.69, 9.17) is 9.97 Å². The maximum atomic E-state index is 4.73. The second kappa shape index (κ2) is 8.89. The third-order valence-corrected chi connectivity index (χ3v) is 6.92. The van der Waals surface area contributed by atoms with Crippen molar-refractivity contribution in [3.8, 4) is 39.2 Å². The lowest BCUT2D eigenvalue weighted by molar-refractivity contribution is 1.13. The van der Waals surface area contributed by atoms with E-state index in [-0.39, 0.29) is 0 Å². The van der Waals surface area contributed by atoms with Crippen molar-refractivity contribution < 1.29 is 0 Å². The van der Waals surface area contributed by atoms with Gasteiger partial charge < -0.3 is 0 Å². The van der Waals surface area contributed by atoms with Gasteiger partial charge in [0.2, 0.25) is 0 Å². The Bertz CT molecular complexity index is 1810. The first-order valence-corrected chi connectivity index (χ1v) is 12.4. The molecule has 0 amide bonds. The fraction of sp³-hybridized carbons (Fsp3) is 0. The summed E-state index contributed by atoms with van der Waals surface area (Å²) in [5.41, 5.74) is 9.95. The highest BCUT2D eigenvalue weighted by Crippen LogP contribution is 2.33. The number of hydrogen-bond donors (Lipinski definition) is 0. The maximum Gasteiger partial charge on any atom is 0.145 e. The maximum absolute atomic E-state index is 4.73. The second-order valence-corrected chi connectivity index (χ2v) is 9.15. The van der Waals surface area contributed by atoms with Gasteiger partial charge in [-0.05, 0) is 64.7 Å². The van der Waals surface area contributed by atoms with Gasteiger partial charge in [0.05, 0.1) is 11.2 Å². The zero-order chi connectivity index (χ0) is 24.6. The van der Waals surface area contributed by atoms with E-state index in [0.717, 1.165) is 39.1 Å². The Hall–Kier alpha value is -5.02. The van der Waals surface area contributed by atoms with Crippen molar-refractivity contribution >= 4 is 21.9 Å². The molecule has 0 saturated heterocycles. The standard InChI is InChI=1S/C34H23N3/c1-2-8-24(9-3-1)25-15-17-26(18-16-25)27-19-21-35-32(23-27)28-10-6-11-29(22-28)37-33-14-5-4-12-30(33)31-13-7-20-36-34(31)37/h1-23H. The number of rotatable bonds is 4. The summed E-state index contributed by atoms with van der Waals surface area (Å²) in [7, 11) is 0. The Labute approximate surface area is 215 Å². The van der Waals surface area contributed by atoms with E-state index < -0.39 is 0 Å². The van der Waals surface area contributed by atoms with Gasteiger partial charge >= 0.3 is 0 Å². The SMILES string of the molecule is c1ccc(-c2ccc(-c3ccnc(-c4cccc(-n5c6ccccc6c6cccnc65)c4)c3)cc2)cc1. The molecule has 0 N–H and O–H groups in total. The molecule has 0 unspecified atom stereocenters. The summed E-state index contributed by atoms with van der Waals surface area (Å²) < 4.78 is 2.24. The number of para-hydroxylation sites is 1. The Morgan fingerprint density at radius 1 is 0.432 bits per heavy atom. The summed E-state index contributed by atoms with van der Waals surface area (Å²) >= 11 is 0. The van der Waals surface area contributed by atoms with E-state index in [1.807, 2.05) is 24.5 Å². The second-order valence-electron chi connectivity index (χ2n) is 9.15. The molecule has 3 heteroatoms. The van der Waals surface area contributed by atoms with Crippen LogP contribution in [0.2, 0.25) is 0 Å². The van der Waals surface area contributed by atoms with Gasteiger partial charge in [0.1, 0.15) is 5.65 Å². The number of aromatic nitrogens is 3. The van der Waals surface area contributed by atoms with E-state index in [0.29, 0.717) is 0 Å². The number of nitrogens with zero attached hydrogens (tertiary/aromatic N) is 3. The average molecular weight is 474 g/mol. The molecule has 3 heterocycles. The number of hydrogen-bond acceptors (Lipinski definition) is 2. The van der Waals surface area contributed by atoms with Crippen LogP contribution >= 0.6 is 0 Å². The quantitative estimate of drug-likeness (QED) is 0.256. The van der Waals surface area contributed by atoms with Gasteiger partial charge in [-0.1, -0.05) is 84.9 Å². The predicted octanol–water partition coefficient (Wildman–Crippen LogP) is 8.57. The molecule has 7 aromatic rings. The van der Waals surface area contributed by atoms with Crippen molar-refractivity contribution in [2.24, 2.45) is 0 Å². The van der Waals surface area contributed by atoms with Crippen molar-refractivity contribution in [3.63, 3.8) is 0 Å². The Balaban J connectivity index is 1.29. The third kappa shape index (κ3) is 3.78. The molecular formula is C34H23N3. The van der Waals surface area contributed by atoms with Gasteiger partial charge in [-0.3, -0.25) is 9.55 Å². The molecule has 3 nitrogen and oxygen atoms in total. The smallest absolute Gasteiger partial charge is 0.145 e. The molecule has 7 rings (SSSR count). The predicted molar refractivity (Wildman–Crippen MR) is 153 cm³/mol. The first kappa shape index (κ1) is 21.3. The summed E-state index contributed by atoms with van der Waals surface area (Å²) in [6.07, 6.45) is 3.75. The molecule has 4 aromatic carbocycles. The minimum absolute atomic E-state index is 0.945. The van der Waals surface area contributed by atoms with Crippen LogP contribution < -0.4 is 0 Å². The van der Waals surface area contributed by atoms with E-state index in [1.165, 1.54) is 22.1 Å². The third-order valence-electron chi connectivity index (χ3n) is 6.92. The Kier molecular flexibility index (Phi) is 5.11. The van der Waals surface area contributed by atoms with Gasteiger partial charge in [-0.2, -0.15) is 0 Å². The lowest BCUT2D eigenvalue weighted by Gasteiger charge is -2.10. The monoisotopic (exact) mass is 473 g/mol. The van der Waals surface area contributed by atoms with Crippen LogP contribution in [0.3, 0.4) is 0 Å². The molecule has 0 aliphatic rings. The van der Waals surface area contributed by atoms with Crippen LogP contribution in [0.4, 0.5) is 0 Å². The van der Waals surface area contributed by atoms with E-state index in [1.54, 1.807) is 0 Å². The van der Waals surface area contributed by atoms with Crippen LogP contribution in [-0.4, -0.2) is 14.5 Å². The summed E-state index contributed by atoms with van der Waals surface area (Å²) in [6.45, 7) is 0. The van der Waals surface area contributed by atoms with Gasteiger partial charge in [0, 0.05) is 34.4 Å². The zero-order valence-electron chi connectivity index (χ0n) is 20.1. The van der Waals surface area contributed by atoms with E-state index in [9.17, 15) is 0 Å². The summed E-state index contributed by atoms with van der Waals surface area (Å²) in [6, 6.07) is 44.6. The van der Waals surface area contributed by atoms with Crippen LogP contribution in [0.5, 0.6) is 0 Å². The van der Waals surface area contributed by atoms with Crippen molar-refractivity contribution in [3.05, 3.63) is 140 Å². The van der Waals surface area contributed by atoms with Crippen LogP contribution in [0, 0.1) is 0 Å². The molecule has 0 spiro atoms. The molecule has 0 atom stereocenters. The fourth-order valence-corrected chi connectivity index (χ4v) is 5.12. The largest absolute Gasteiger partial charge is 0.294 e. The minimum atomic E-state index is 0.945. The van der Waals surface area contributed by atoms with Gasteiger partial charge in [0.25, 0.3) is 0 Å². The lowest BCUT2D eigenvalue weighted by Crippen LogP contribution is -1.96. The molecule has 37 heavy (non-hydrogen) atoms. The molecule has 3 aromatic heterocycles. The zero-order valence-corrected chi connectivity index (χ0v) is 20.1. The van der Waals surface area contributed by atoms with Crippen LogP contribution in [0.15, 0.2) is 140 Å². The fourth-order valence-electron chi connectivity index (χ4n) is 5.12. The molecule has 0 fully saturated rings. The van der Waals surface area contributed by atoms with Crippen molar-refractivity contribution in [1.29, 1.82) is 0 Å². The summed E-state index contributed by atoms with van der Waals surface area (Å²) in [5.74, 6) is 0. The van der Waals surface area contributed by atoms with Gasteiger partial charge in [-0.15, -0.1) is 0 Å². The molecule has 0 aliphatic heterocycles. The van der Waals surface area contributed by atoms with Gasteiger partial charge in [0.15, 0.2) is 0 Å². The van der Waals surface area contributed by atoms with E-state index in [2.05, 4.69) is 120 Å². The first-order valence-electron chi connectivity index (χ1n) is 12.4. The molecule has 0 radical (unpaired) electrons. The highest BCUT2D eigenvalue weighted by molar-refractivity contribution is 6.07. The Morgan fingerprint density at radius 3 is 2.00 bits per heavy atom. The molecule has 0 aliphatic carbocycles. The Morgan fingerprint density at radius 2 is 1.14 bits per heavy atom. The lowest BCUT2D eigenvalue weighted by atomic mass is 9.99. The number of fused-ring (bicyclic) bond motifs is 3. The highest BCUT2D eigenvalue weighted by atomic mass is 15.0. The number of pyridine rings is 2. The van der Waals surface area contributed by atoms with Crippen molar-refractivity contribution in [2.45, 2.75) is 0 Å². The van der Waals surface area contributed by atoms with E-state index >= 15 is 0 Å². The minimum Gasteiger partial charge on any atom is -0.294 e. The molecule has 0 bridgehead atoms. The normalized spacial score (nSPS) is 11.2.